The minimum absolute atomic E-state index is 0.261. The Kier molecular flexibility index (Phi) is 5.37. The van der Waals surface area contributed by atoms with Crippen LogP contribution in [0.25, 0.3) is 0 Å². The molecular weight excluding hydrogens is 360 g/mol. The van der Waals surface area contributed by atoms with Crippen LogP contribution in [0.4, 0.5) is 5.69 Å². The molecule has 0 saturated carbocycles. The normalized spacial score (nSPS) is 24.5. The maximum atomic E-state index is 11.9. The fourth-order valence-corrected chi connectivity index (χ4v) is 4.64. The average molecular weight is 386 g/mol. The van der Waals surface area contributed by atoms with E-state index in [1.165, 1.54) is 31.4 Å². The highest BCUT2D eigenvalue weighted by atomic mass is 35.5. The summed E-state index contributed by atoms with van der Waals surface area (Å²) in [5, 5.41) is 0.771. The van der Waals surface area contributed by atoms with Crippen molar-refractivity contribution in [1.82, 2.24) is 0 Å². The summed E-state index contributed by atoms with van der Waals surface area (Å²) in [5.41, 5.74) is 3.06. The predicted octanol–water partition coefficient (Wildman–Crippen LogP) is 3.47. The van der Waals surface area contributed by atoms with E-state index in [4.69, 9.17) is 16.3 Å². The average Bonchev–Trinajstić information content (AvgIpc) is 3.08. The van der Waals surface area contributed by atoms with Crippen LogP contribution in [0.15, 0.2) is 48.5 Å². The molecule has 2 saturated heterocycles. The van der Waals surface area contributed by atoms with E-state index in [2.05, 4.69) is 17.0 Å². The number of quaternary nitrogens is 1. The summed E-state index contributed by atoms with van der Waals surface area (Å²) in [6, 6.07) is 16.8. The third-order valence-electron chi connectivity index (χ3n) is 5.77. The molecule has 2 aromatic carbocycles. The predicted molar refractivity (Wildman–Crippen MR) is 107 cm³/mol. The number of fused-ring (bicyclic) bond motifs is 1. The first-order chi connectivity index (χ1) is 13.2. The van der Waals surface area contributed by atoms with Gasteiger partial charge in [-0.1, -0.05) is 11.6 Å². The molecule has 2 fully saturated rings. The molecule has 0 amide bonds. The SMILES string of the molecule is CCOC(=O)c1ccc(N2C[C@@H]3CCCC[NH+]3[C@@H]2c2ccc(Cl)cc2)cc1. The number of esters is 1. The van der Waals surface area contributed by atoms with Crippen LogP contribution in [0.1, 0.15) is 48.3 Å². The van der Waals surface area contributed by atoms with Gasteiger partial charge in [0.15, 0.2) is 6.17 Å². The number of nitrogens with zero attached hydrogens (tertiary/aromatic N) is 1. The zero-order valence-corrected chi connectivity index (χ0v) is 16.4. The Morgan fingerprint density at radius 1 is 1.15 bits per heavy atom. The van der Waals surface area contributed by atoms with E-state index in [9.17, 15) is 4.79 Å². The van der Waals surface area contributed by atoms with E-state index in [0.717, 1.165) is 17.3 Å². The summed E-state index contributed by atoms with van der Waals surface area (Å²) in [6.45, 7) is 4.47. The number of rotatable bonds is 4. The molecule has 2 aliphatic heterocycles. The Hall–Kier alpha value is -2.04. The fraction of sp³-hybridized carbons (Fsp3) is 0.409. The topological polar surface area (TPSA) is 34.0 Å². The van der Waals surface area contributed by atoms with Crippen molar-refractivity contribution in [3.05, 3.63) is 64.7 Å². The number of ether oxygens (including phenoxy) is 1. The van der Waals surface area contributed by atoms with Gasteiger partial charge in [-0.25, -0.2) is 4.79 Å². The molecule has 142 valence electrons. The summed E-state index contributed by atoms with van der Waals surface area (Å²) >= 11 is 6.12. The molecule has 4 rings (SSSR count). The molecule has 4 nitrogen and oxygen atoms in total. The highest BCUT2D eigenvalue weighted by Crippen LogP contribution is 2.30. The van der Waals surface area contributed by atoms with Gasteiger partial charge < -0.3 is 14.5 Å². The lowest BCUT2D eigenvalue weighted by Crippen LogP contribution is -3.15. The number of halogens is 1. The van der Waals surface area contributed by atoms with Crippen LogP contribution >= 0.6 is 11.6 Å². The Morgan fingerprint density at radius 2 is 1.89 bits per heavy atom. The quantitative estimate of drug-likeness (QED) is 0.818. The van der Waals surface area contributed by atoms with Crippen molar-refractivity contribution in [2.24, 2.45) is 0 Å². The van der Waals surface area contributed by atoms with Gasteiger partial charge in [-0.2, -0.15) is 0 Å². The molecule has 1 N–H and O–H groups in total. The van der Waals surface area contributed by atoms with E-state index in [1.807, 2.05) is 43.3 Å². The Balaban J connectivity index is 1.64. The molecule has 2 aromatic rings. The van der Waals surface area contributed by atoms with E-state index >= 15 is 0 Å². The molecule has 0 spiro atoms. The van der Waals surface area contributed by atoms with Gasteiger partial charge in [0.25, 0.3) is 0 Å². The Bertz CT molecular complexity index is 791. The second-order valence-electron chi connectivity index (χ2n) is 7.39. The van der Waals surface area contributed by atoms with Crippen LogP contribution in [0, 0.1) is 0 Å². The van der Waals surface area contributed by atoms with Gasteiger partial charge in [0.05, 0.1) is 25.3 Å². The van der Waals surface area contributed by atoms with Crippen LogP contribution in [0.2, 0.25) is 5.02 Å². The maximum absolute atomic E-state index is 11.9. The summed E-state index contributed by atoms with van der Waals surface area (Å²) in [4.78, 5) is 16.1. The Labute approximate surface area is 165 Å². The van der Waals surface area contributed by atoms with Gasteiger partial charge in [-0.3, -0.25) is 0 Å². The number of piperidine rings is 1. The second-order valence-corrected chi connectivity index (χ2v) is 7.83. The van der Waals surface area contributed by atoms with Gasteiger partial charge >= 0.3 is 5.97 Å². The van der Waals surface area contributed by atoms with Crippen molar-refractivity contribution in [3.8, 4) is 0 Å². The van der Waals surface area contributed by atoms with E-state index < -0.39 is 0 Å². The maximum Gasteiger partial charge on any atom is 0.338 e. The molecule has 3 atom stereocenters. The largest absolute Gasteiger partial charge is 0.462 e. The summed E-state index contributed by atoms with van der Waals surface area (Å²) in [6.07, 6.45) is 4.17. The number of anilines is 1. The number of carbonyl (C=O) groups is 1. The third kappa shape index (κ3) is 3.69. The fourth-order valence-electron chi connectivity index (χ4n) is 4.52. The molecule has 0 aliphatic carbocycles. The van der Waals surface area contributed by atoms with Crippen molar-refractivity contribution >= 4 is 23.3 Å². The molecule has 5 heteroatoms. The molecule has 0 radical (unpaired) electrons. The number of hydrogen-bond acceptors (Lipinski definition) is 3. The second kappa shape index (κ2) is 7.91. The summed E-state index contributed by atoms with van der Waals surface area (Å²) < 4.78 is 5.10. The van der Waals surface area contributed by atoms with Gasteiger partial charge in [-0.05, 0) is 68.3 Å². The smallest absolute Gasteiger partial charge is 0.338 e. The van der Waals surface area contributed by atoms with Crippen LogP contribution in [0.3, 0.4) is 0 Å². The minimum Gasteiger partial charge on any atom is -0.462 e. The molecular formula is C22H26ClN2O2+. The lowest BCUT2D eigenvalue weighted by Gasteiger charge is -2.32. The minimum atomic E-state index is -0.261. The first-order valence-corrected chi connectivity index (χ1v) is 10.2. The number of hydrogen-bond donors (Lipinski definition) is 1. The third-order valence-corrected chi connectivity index (χ3v) is 6.02. The van der Waals surface area contributed by atoms with Crippen molar-refractivity contribution < 1.29 is 14.4 Å². The molecule has 0 bridgehead atoms. The monoisotopic (exact) mass is 385 g/mol. The molecule has 1 unspecified atom stereocenters. The van der Waals surface area contributed by atoms with E-state index in [1.54, 1.807) is 4.90 Å². The standard InChI is InChI=1S/C22H25ClN2O2/c1-2-27-22(26)17-8-12-19(13-9-17)25-15-20-5-3-4-14-24(20)21(25)16-6-10-18(23)11-7-16/h6-13,20-21H,2-5,14-15H2,1H3/p+1/t20-,21-/m0/s1. The zero-order chi connectivity index (χ0) is 18.8. The number of carbonyl (C=O) groups excluding carboxylic acids is 1. The molecule has 2 heterocycles. The van der Waals surface area contributed by atoms with Crippen molar-refractivity contribution in [2.45, 2.75) is 38.4 Å². The molecule has 0 aromatic heterocycles. The van der Waals surface area contributed by atoms with Crippen LogP contribution in [0.5, 0.6) is 0 Å². The summed E-state index contributed by atoms with van der Waals surface area (Å²) in [5.74, 6) is -0.261. The van der Waals surface area contributed by atoms with Gasteiger partial charge in [0.2, 0.25) is 0 Å². The first-order valence-electron chi connectivity index (χ1n) is 9.82. The highest BCUT2D eigenvalue weighted by Gasteiger charge is 2.45. The van der Waals surface area contributed by atoms with Crippen LogP contribution in [-0.2, 0) is 4.74 Å². The van der Waals surface area contributed by atoms with E-state index in [0.29, 0.717) is 24.4 Å². The zero-order valence-electron chi connectivity index (χ0n) is 15.7. The Morgan fingerprint density at radius 3 is 2.59 bits per heavy atom. The molecule has 27 heavy (non-hydrogen) atoms. The molecule has 2 aliphatic rings. The van der Waals surface area contributed by atoms with Crippen LogP contribution < -0.4 is 9.80 Å². The van der Waals surface area contributed by atoms with Crippen LogP contribution in [-0.4, -0.2) is 31.7 Å². The van der Waals surface area contributed by atoms with Gasteiger partial charge in [0, 0.05) is 22.7 Å². The first kappa shape index (κ1) is 18.3. The lowest BCUT2D eigenvalue weighted by atomic mass is 10.0. The summed E-state index contributed by atoms with van der Waals surface area (Å²) in [7, 11) is 0. The van der Waals surface area contributed by atoms with Crippen molar-refractivity contribution in [3.63, 3.8) is 0 Å². The number of benzene rings is 2. The van der Waals surface area contributed by atoms with Gasteiger partial charge in [-0.15, -0.1) is 0 Å². The van der Waals surface area contributed by atoms with Crippen molar-refractivity contribution in [2.75, 3.05) is 24.6 Å². The van der Waals surface area contributed by atoms with Crippen molar-refractivity contribution in [1.29, 1.82) is 0 Å². The highest BCUT2D eigenvalue weighted by molar-refractivity contribution is 6.30. The van der Waals surface area contributed by atoms with Gasteiger partial charge in [0.1, 0.15) is 6.04 Å². The van der Waals surface area contributed by atoms with E-state index in [-0.39, 0.29) is 5.97 Å². The number of nitrogens with one attached hydrogen (secondary N) is 1. The lowest BCUT2D eigenvalue weighted by molar-refractivity contribution is -0.945.